The van der Waals surface area contributed by atoms with Gasteiger partial charge in [-0.05, 0) is 25.1 Å². The summed E-state index contributed by atoms with van der Waals surface area (Å²) >= 11 is 0. The molecule has 16 nitrogen and oxygen atoms in total. The minimum absolute atomic E-state index is 0.104. The zero-order valence-corrected chi connectivity index (χ0v) is 27.0. The van der Waals surface area contributed by atoms with Gasteiger partial charge in [0.05, 0.1) is 26.2 Å². The van der Waals surface area contributed by atoms with Crippen LogP contribution < -0.4 is 31.4 Å². The van der Waals surface area contributed by atoms with Crippen LogP contribution in [0.25, 0.3) is 11.4 Å². The molecule has 0 saturated heterocycles. The number of ether oxygens (including phenoxy) is 2. The number of rotatable bonds is 4. The van der Waals surface area contributed by atoms with Gasteiger partial charge in [-0.1, -0.05) is 30.3 Å². The fourth-order valence-corrected chi connectivity index (χ4v) is 6.55. The summed E-state index contributed by atoms with van der Waals surface area (Å²) in [6.45, 7) is 0.679. The third kappa shape index (κ3) is 6.95. The topological polar surface area (TPSA) is 189 Å². The molecule has 0 aliphatic carbocycles. The molecule has 0 fully saturated rings. The number of amides is 2. The summed E-state index contributed by atoms with van der Waals surface area (Å²) in [7, 11) is -0.716. The molecule has 2 amide bonds. The average molecular weight is 667 g/mol. The Hall–Kier alpha value is -5.29. The van der Waals surface area contributed by atoms with Crippen molar-refractivity contribution in [2.45, 2.75) is 24.4 Å². The highest BCUT2D eigenvalue weighted by molar-refractivity contribution is 7.89. The van der Waals surface area contributed by atoms with Crippen LogP contribution in [0, 0.1) is 0 Å². The van der Waals surface area contributed by atoms with Crippen molar-refractivity contribution in [2.24, 2.45) is 14.1 Å². The maximum absolute atomic E-state index is 13.8. The van der Waals surface area contributed by atoms with E-state index in [4.69, 9.17) is 9.47 Å². The van der Waals surface area contributed by atoms with E-state index < -0.39 is 50.6 Å². The minimum Gasteiger partial charge on any atom is -0.493 e. The van der Waals surface area contributed by atoms with Gasteiger partial charge in [-0.3, -0.25) is 19.0 Å². The van der Waals surface area contributed by atoms with E-state index in [9.17, 15) is 27.6 Å². The highest BCUT2D eigenvalue weighted by Crippen LogP contribution is 2.28. The third-order valence-electron chi connectivity index (χ3n) is 7.48. The largest absolute Gasteiger partial charge is 0.493 e. The second-order valence-electron chi connectivity index (χ2n) is 10.7. The lowest BCUT2D eigenvalue weighted by Gasteiger charge is -2.23. The molecule has 0 spiro atoms. The van der Waals surface area contributed by atoms with Gasteiger partial charge in [-0.15, -0.1) is 0 Å². The van der Waals surface area contributed by atoms with Crippen molar-refractivity contribution in [2.75, 3.05) is 33.4 Å². The standard InChI is InChI=1S/C30H34N8O8S/c1-19-27-33-26(20-8-6-5-7-9-20)34-38(27)14-15-46-23-16-21(10-11-22(23)45-4)28(40)31-12-13-37(18-25(39)32-19)47(43,44)24-17-35(2)30(42)36(3)29(24)41/h5-11,16-17,19H,12-15,18H2,1-4H3,(H,31,40)(H,32,39)/t19-/m1/s1. The predicted octanol–water partition coefficient (Wildman–Crippen LogP) is 0.0416. The van der Waals surface area contributed by atoms with Crippen molar-refractivity contribution < 1.29 is 27.5 Å². The van der Waals surface area contributed by atoms with E-state index in [1.54, 1.807) is 17.7 Å². The molecular weight excluding hydrogens is 632 g/mol. The first-order chi connectivity index (χ1) is 22.4. The molecule has 17 heteroatoms. The van der Waals surface area contributed by atoms with Crippen molar-refractivity contribution >= 4 is 21.8 Å². The van der Waals surface area contributed by atoms with Crippen LogP contribution in [0.3, 0.4) is 0 Å². The van der Waals surface area contributed by atoms with Crippen LogP contribution >= 0.6 is 0 Å². The second-order valence-corrected chi connectivity index (χ2v) is 12.6. The molecule has 2 aromatic carbocycles. The van der Waals surface area contributed by atoms with Crippen LogP contribution in [-0.4, -0.2) is 81.8 Å². The lowest BCUT2D eigenvalue weighted by atomic mass is 10.2. The van der Waals surface area contributed by atoms with Crippen molar-refractivity contribution in [3.05, 3.63) is 87.0 Å². The molecule has 2 N–H and O–H groups in total. The molecule has 3 heterocycles. The molecule has 0 radical (unpaired) electrons. The summed E-state index contributed by atoms with van der Waals surface area (Å²) in [6.07, 6.45) is 0.911. The van der Waals surface area contributed by atoms with E-state index in [1.807, 2.05) is 30.3 Å². The van der Waals surface area contributed by atoms with Crippen molar-refractivity contribution in [3.63, 3.8) is 0 Å². The molecule has 1 atom stereocenters. The minimum atomic E-state index is -4.64. The zero-order chi connectivity index (χ0) is 33.9. The molecule has 0 saturated carbocycles. The number of hydrogen-bond donors (Lipinski definition) is 2. The number of carbonyl (C=O) groups is 2. The Morgan fingerprint density at radius 1 is 1.00 bits per heavy atom. The van der Waals surface area contributed by atoms with Gasteiger partial charge < -0.3 is 24.7 Å². The molecule has 4 aromatic rings. The quantitative estimate of drug-likeness (QED) is 0.301. The summed E-state index contributed by atoms with van der Waals surface area (Å²) in [5.74, 6) is 0.222. The van der Waals surface area contributed by atoms with Crippen LogP contribution in [-0.2, 0) is 35.5 Å². The van der Waals surface area contributed by atoms with E-state index in [-0.39, 0.29) is 31.8 Å². The maximum Gasteiger partial charge on any atom is 0.330 e. The number of carbonyl (C=O) groups excluding carboxylic acids is 2. The molecule has 248 valence electrons. The van der Waals surface area contributed by atoms with E-state index in [2.05, 4.69) is 20.7 Å². The first-order valence-electron chi connectivity index (χ1n) is 14.6. The summed E-state index contributed by atoms with van der Waals surface area (Å²) in [5.41, 5.74) is -0.823. The first kappa shape index (κ1) is 33.1. The molecule has 5 rings (SSSR count). The predicted molar refractivity (Wildman–Crippen MR) is 169 cm³/mol. The average Bonchev–Trinajstić information content (AvgIpc) is 3.49. The fourth-order valence-electron chi connectivity index (χ4n) is 5.00. The molecule has 1 aliphatic heterocycles. The molecule has 1 aliphatic rings. The number of aryl methyl sites for hydroxylation is 1. The first-order valence-corrected chi connectivity index (χ1v) is 16.0. The highest BCUT2D eigenvalue weighted by Gasteiger charge is 2.31. The summed E-state index contributed by atoms with van der Waals surface area (Å²) in [6, 6.07) is 13.1. The summed E-state index contributed by atoms with van der Waals surface area (Å²) in [4.78, 5) is 55.6. The van der Waals surface area contributed by atoms with Gasteiger partial charge in [0.2, 0.25) is 5.91 Å². The van der Waals surface area contributed by atoms with Gasteiger partial charge in [0.15, 0.2) is 22.2 Å². The Morgan fingerprint density at radius 2 is 1.74 bits per heavy atom. The molecule has 47 heavy (non-hydrogen) atoms. The van der Waals surface area contributed by atoms with E-state index >= 15 is 0 Å². The van der Waals surface area contributed by atoms with Crippen molar-refractivity contribution in [1.29, 1.82) is 0 Å². The highest BCUT2D eigenvalue weighted by atomic mass is 32.2. The van der Waals surface area contributed by atoms with Crippen LogP contribution in [0.2, 0.25) is 0 Å². The smallest absolute Gasteiger partial charge is 0.330 e. The maximum atomic E-state index is 13.8. The molecular formula is C30H34N8O8S. The Morgan fingerprint density at radius 3 is 2.47 bits per heavy atom. The number of aromatic nitrogens is 5. The second kappa shape index (κ2) is 13.6. The molecule has 2 aromatic heterocycles. The van der Waals surface area contributed by atoms with Crippen LogP contribution in [0.15, 0.2) is 69.2 Å². The zero-order valence-electron chi connectivity index (χ0n) is 26.2. The lowest BCUT2D eigenvalue weighted by molar-refractivity contribution is -0.122. The SMILES string of the molecule is COc1ccc2cc1OCCn1nc(-c3ccccc3)nc1[C@@H](C)NC(=O)CN(S(=O)(=O)c1cn(C)c(=O)n(C)c1=O)CCNC2=O. The summed E-state index contributed by atoms with van der Waals surface area (Å²) in [5, 5.41) is 10.1. The van der Waals surface area contributed by atoms with Gasteiger partial charge in [-0.25, -0.2) is 22.9 Å². The number of sulfonamides is 1. The van der Waals surface area contributed by atoms with Crippen molar-refractivity contribution in [3.8, 4) is 22.9 Å². The third-order valence-corrected chi connectivity index (χ3v) is 9.31. The fraction of sp³-hybridized carbons (Fsp3) is 0.333. The molecule has 2 bridgehead atoms. The number of nitrogens with one attached hydrogen (secondary N) is 2. The van der Waals surface area contributed by atoms with Gasteiger partial charge in [0, 0.05) is 44.5 Å². The number of nitrogens with zero attached hydrogens (tertiary/aromatic N) is 6. The molecule has 0 unspecified atom stereocenters. The van der Waals surface area contributed by atoms with Crippen LogP contribution in [0.5, 0.6) is 11.5 Å². The number of methoxy groups -OCH3 is 1. The van der Waals surface area contributed by atoms with Gasteiger partial charge in [-0.2, -0.15) is 9.40 Å². The lowest BCUT2D eigenvalue weighted by Crippen LogP contribution is -2.47. The summed E-state index contributed by atoms with van der Waals surface area (Å²) < 4.78 is 43.1. The van der Waals surface area contributed by atoms with Crippen LogP contribution in [0.4, 0.5) is 0 Å². The normalized spacial score (nSPS) is 16.7. The van der Waals surface area contributed by atoms with Gasteiger partial charge in [0.1, 0.15) is 12.4 Å². The van der Waals surface area contributed by atoms with E-state index in [0.717, 1.165) is 27.7 Å². The number of benzene rings is 2. The Balaban J connectivity index is 1.55. The van der Waals surface area contributed by atoms with Gasteiger partial charge in [0.25, 0.3) is 21.5 Å². The van der Waals surface area contributed by atoms with E-state index in [1.165, 1.54) is 26.3 Å². The van der Waals surface area contributed by atoms with Crippen molar-refractivity contribution in [1.82, 2.24) is 38.8 Å². The Labute approximate surface area is 269 Å². The van der Waals surface area contributed by atoms with Gasteiger partial charge >= 0.3 is 5.69 Å². The monoisotopic (exact) mass is 666 g/mol. The Kier molecular flexibility index (Phi) is 9.57. The van der Waals surface area contributed by atoms with Crippen LogP contribution in [0.1, 0.15) is 29.1 Å². The number of fused-ring (bicyclic) bond motifs is 3. The number of hydrogen-bond acceptors (Lipinski definition) is 10. The Bertz CT molecular complexity index is 2040. The van der Waals surface area contributed by atoms with E-state index in [0.29, 0.717) is 27.7 Å².